The van der Waals surface area contributed by atoms with Crippen molar-refractivity contribution in [3.63, 3.8) is 0 Å². The fourth-order valence-corrected chi connectivity index (χ4v) is 3.67. The van der Waals surface area contributed by atoms with Crippen LogP contribution in [-0.4, -0.2) is 55.3 Å². The number of nitrogens with one attached hydrogen (secondary N) is 3. The van der Waals surface area contributed by atoms with E-state index in [0.29, 0.717) is 23.7 Å². The van der Waals surface area contributed by atoms with Crippen LogP contribution < -0.4 is 25.6 Å². The Morgan fingerprint density at radius 2 is 1.88 bits per heavy atom. The zero-order valence-electron chi connectivity index (χ0n) is 18.9. The Kier molecular flexibility index (Phi) is 7.07. The molecule has 3 N–H and O–H groups in total. The normalized spacial score (nSPS) is 14.9. The number of ether oxygens (including phenoxy) is 2. The van der Waals surface area contributed by atoms with Crippen LogP contribution >= 0.6 is 0 Å². The Morgan fingerprint density at radius 1 is 1.06 bits per heavy atom. The van der Waals surface area contributed by atoms with Gasteiger partial charge in [0.05, 0.1) is 19.8 Å². The highest BCUT2D eigenvalue weighted by atomic mass is 16.5. The van der Waals surface area contributed by atoms with Crippen molar-refractivity contribution in [1.29, 1.82) is 0 Å². The Balaban J connectivity index is 1.32. The molecule has 1 saturated heterocycles. The highest BCUT2D eigenvalue weighted by Gasteiger charge is 2.25. The van der Waals surface area contributed by atoms with E-state index in [4.69, 9.17) is 9.47 Å². The number of rotatable bonds is 7. The summed E-state index contributed by atoms with van der Waals surface area (Å²) in [4.78, 5) is 35.1. The number of benzene rings is 2. The number of hydrogen-bond acceptors (Lipinski definition) is 8. The Hall–Kier alpha value is -4.34. The van der Waals surface area contributed by atoms with Crippen molar-refractivity contribution >= 4 is 35.1 Å². The second-order valence-corrected chi connectivity index (χ2v) is 7.69. The van der Waals surface area contributed by atoms with Gasteiger partial charge < -0.3 is 30.3 Å². The summed E-state index contributed by atoms with van der Waals surface area (Å²) in [5, 5.41) is 8.93. The van der Waals surface area contributed by atoms with E-state index >= 15 is 0 Å². The van der Waals surface area contributed by atoms with Gasteiger partial charge in [-0.05, 0) is 55.0 Å². The van der Waals surface area contributed by atoms with E-state index in [0.717, 1.165) is 30.2 Å². The van der Waals surface area contributed by atoms with Crippen LogP contribution in [0.15, 0.2) is 60.8 Å². The first-order valence-electron chi connectivity index (χ1n) is 10.8. The number of urea groups is 1. The van der Waals surface area contributed by atoms with Gasteiger partial charge in [-0.15, -0.1) is 0 Å². The van der Waals surface area contributed by atoms with E-state index in [-0.39, 0.29) is 12.1 Å². The first kappa shape index (κ1) is 22.8. The van der Waals surface area contributed by atoms with Crippen molar-refractivity contribution in [1.82, 2.24) is 15.3 Å². The maximum Gasteiger partial charge on any atom is 0.337 e. The summed E-state index contributed by atoms with van der Waals surface area (Å²) in [5.41, 5.74) is 1.74. The zero-order chi connectivity index (χ0) is 23.9. The molecule has 34 heavy (non-hydrogen) atoms. The van der Waals surface area contributed by atoms with Crippen molar-refractivity contribution in [2.45, 2.75) is 12.5 Å². The molecule has 1 aromatic heterocycles. The zero-order valence-corrected chi connectivity index (χ0v) is 18.9. The molecule has 1 unspecified atom stereocenters. The molecular weight excluding hydrogens is 436 g/mol. The van der Waals surface area contributed by atoms with Gasteiger partial charge in [0.1, 0.15) is 11.6 Å². The standard InChI is InChI=1S/C24H26N6O4/c1-33-20-8-6-17(7-9-20)26-23-25-12-10-21(29-23)30-13-11-19(15-30)28-24(32)27-18-5-3-4-16(14-18)22(31)34-2/h3-10,12,14,19H,11,13,15H2,1-2H3,(H,25,26,29)(H2,27,28,32). The monoisotopic (exact) mass is 462 g/mol. The van der Waals surface area contributed by atoms with Crippen molar-refractivity contribution in [3.05, 3.63) is 66.4 Å². The first-order chi connectivity index (χ1) is 16.5. The number of hydrogen-bond donors (Lipinski definition) is 3. The minimum atomic E-state index is -0.457. The lowest BCUT2D eigenvalue weighted by Gasteiger charge is -2.19. The Bertz CT molecular complexity index is 1150. The van der Waals surface area contributed by atoms with Gasteiger partial charge in [0, 0.05) is 36.7 Å². The van der Waals surface area contributed by atoms with Crippen LogP contribution in [0.3, 0.4) is 0 Å². The van der Waals surface area contributed by atoms with Crippen LogP contribution in [0.25, 0.3) is 0 Å². The van der Waals surface area contributed by atoms with Crippen molar-refractivity contribution < 1.29 is 19.1 Å². The number of nitrogens with zero attached hydrogens (tertiary/aromatic N) is 3. The quantitative estimate of drug-likeness (QED) is 0.457. The largest absolute Gasteiger partial charge is 0.497 e. The number of esters is 1. The van der Waals surface area contributed by atoms with Crippen molar-refractivity contribution in [3.8, 4) is 5.75 Å². The fourth-order valence-electron chi connectivity index (χ4n) is 3.67. The molecule has 0 radical (unpaired) electrons. The number of carbonyl (C=O) groups excluding carboxylic acids is 2. The highest BCUT2D eigenvalue weighted by Crippen LogP contribution is 2.22. The minimum Gasteiger partial charge on any atom is -0.497 e. The molecule has 2 heterocycles. The molecule has 10 nitrogen and oxygen atoms in total. The third-order valence-corrected chi connectivity index (χ3v) is 5.38. The van der Waals surface area contributed by atoms with Gasteiger partial charge in [0.2, 0.25) is 5.95 Å². The third kappa shape index (κ3) is 5.71. The summed E-state index contributed by atoms with van der Waals surface area (Å²) in [6, 6.07) is 15.6. The Labute approximate surface area is 197 Å². The lowest BCUT2D eigenvalue weighted by molar-refractivity contribution is 0.0600. The number of anilines is 4. The van der Waals surface area contributed by atoms with Gasteiger partial charge in [-0.2, -0.15) is 4.98 Å². The molecular formula is C24H26N6O4. The van der Waals surface area contributed by atoms with E-state index in [1.54, 1.807) is 37.6 Å². The second-order valence-electron chi connectivity index (χ2n) is 7.69. The number of amides is 2. The van der Waals surface area contributed by atoms with Gasteiger partial charge in [-0.25, -0.2) is 14.6 Å². The van der Waals surface area contributed by atoms with E-state index in [1.807, 2.05) is 30.3 Å². The SMILES string of the molecule is COC(=O)c1cccc(NC(=O)NC2CCN(c3ccnc(Nc4ccc(OC)cc4)n3)C2)c1. The first-order valence-corrected chi connectivity index (χ1v) is 10.8. The number of methoxy groups -OCH3 is 2. The molecule has 1 fully saturated rings. The molecule has 176 valence electrons. The van der Waals surface area contributed by atoms with E-state index in [1.165, 1.54) is 7.11 Å². The van der Waals surface area contributed by atoms with Crippen LogP contribution in [0.4, 0.5) is 27.9 Å². The number of carbonyl (C=O) groups is 2. The maximum atomic E-state index is 12.5. The lowest BCUT2D eigenvalue weighted by atomic mass is 10.2. The molecule has 1 atom stereocenters. The summed E-state index contributed by atoms with van der Waals surface area (Å²) in [6.07, 6.45) is 2.48. The molecule has 2 aromatic carbocycles. The van der Waals surface area contributed by atoms with Crippen molar-refractivity contribution in [2.75, 3.05) is 42.8 Å². The molecule has 1 aliphatic heterocycles. The molecule has 10 heteroatoms. The Morgan fingerprint density at radius 3 is 2.65 bits per heavy atom. The molecule has 2 amide bonds. The van der Waals surface area contributed by atoms with Crippen LogP contribution in [0, 0.1) is 0 Å². The highest BCUT2D eigenvalue weighted by molar-refractivity contribution is 5.94. The molecule has 0 aliphatic carbocycles. The number of aromatic nitrogens is 2. The molecule has 4 rings (SSSR count). The van der Waals surface area contributed by atoms with Crippen molar-refractivity contribution in [2.24, 2.45) is 0 Å². The smallest absolute Gasteiger partial charge is 0.337 e. The van der Waals surface area contributed by atoms with Gasteiger partial charge in [-0.3, -0.25) is 0 Å². The summed E-state index contributed by atoms with van der Waals surface area (Å²) in [7, 11) is 2.94. The summed E-state index contributed by atoms with van der Waals surface area (Å²) < 4.78 is 9.89. The van der Waals surface area contributed by atoms with Gasteiger partial charge in [0.15, 0.2) is 0 Å². The van der Waals surface area contributed by atoms with Gasteiger partial charge >= 0.3 is 12.0 Å². The summed E-state index contributed by atoms with van der Waals surface area (Å²) in [6.45, 7) is 1.37. The average molecular weight is 463 g/mol. The lowest BCUT2D eigenvalue weighted by Crippen LogP contribution is -2.39. The molecule has 0 spiro atoms. The third-order valence-electron chi connectivity index (χ3n) is 5.38. The van der Waals surface area contributed by atoms with Crippen LogP contribution in [0.1, 0.15) is 16.8 Å². The molecule has 0 saturated carbocycles. The van der Waals surface area contributed by atoms with Crippen LogP contribution in [-0.2, 0) is 4.74 Å². The van der Waals surface area contributed by atoms with E-state index in [2.05, 4.69) is 30.8 Å². The summed E-state index contributed by atoms with van der Waals surface area (Å²) >= 11 is 0. The van der Waals surface area contributed by atoms with Gasteiger partial charge in [0.25, 0.3) is 0 Å². The summed E-state index contributed by atoms with van der Waals surface area (Å²) in [5.74, 6) is 1.58. The predicted octanol–water partition coefficient (Wildman–Crippen LogP) is 3.42. The minimum absolute atomic E-state index is 0.0447. The molecule has 3 aromatic rings. The fraction of sp³-hybridized carbons (Fsp3) is 0.250. The second kappa shape index (κ2) is 10.5. The van der Waals surface area contributed by atoms with E-state index < -0.39 is 5.97 Å². The topological polar surface area (TPSA) is 118 Å². The maximum absolute atomic E-state index is 12.5. The molecule has 0 bridgehead atoms. The average Bonchev–Trinajstić information content (AvgIpc) is 3.32. The van der Waals surface area contributed by atoms with E-state index in [9.17, 15) is 9.59 Å². The van der Waals surface area contributed by atoms with Crippen LogP contribution in [0.5, 0.6) is 5.75 Å². The predicted molar refractivity (Wildman–Crippen MR) is 129 cm³/mol. The van der Waals surface area contributed by atoms with Crippen LogP contribution in [0.2, 0.25) is 0 Å². The van der Waals surface area contributed by atoms with Gasteiger partial charge in [-0.1, -0.05) is 6.07 Å². The molecule has 1 aliphatic rings.